The van der Waals surface area contributed by atoms with Gasteiger partial charge in [0, 0.05) is 36.2 Å². The summed E-state index contributed by atoms with van der Waals surface area (Å²) in [5.74, 6) is -16.0. The molecule has 1 fully saturated rings. The molecule has 236 valence electrons. The van der Waals surface area contributed by atoms with Crippen molar-refractivity contribution in [2.24, 2.45) is 5.92 Å². The van der Waals surface area contributed by atoms with Gasteiger partial charge in [0.1, 0.15) is 45.8 Å². The zero-order valence-corrected chi connectivity index (χ0v) is 22.3. The number of allylic oxidation sites excluding steroid dienone is 1. The second kappa shape index (κ2) is 12.8. The minimum absolute atomic E-state index is 0.0227. The van der Waals surface area contributed by atoms with E-state index in [-0.39, 0.29) is 36.8 Å². The van der Waals surface area contributed by atoms with Gasteiger partial charge in [0.05, 0.1) is 6.61 Å². The fraction of sp³-hybridized carbons (Fsp3) is 0.276. The lowest BCUT2D eigenvalue weighted by Gasteiger charge is -2.26. The van der Waals surface area contributed by atoms with E-state index in [4.69, 9.17) is 9.47 Å². The number of carbonyl (C=O) groups is 1. The topological polar surface area (TPSA) is 54.0 Å². The van der Waals surface area contributed by atoms with E-state index in [9.17, 15) is 48.7 Å². The lowest BCUT2D eigenvalue weighted by atomic mass is 9.98. The van der Waals surface area contributed by atoms with Crippen molar-refractivity contribution in [2.75, 3.05) is 6.61 Å². The standard InChI is InChI=1S/C29H20F10O5/c1-2-3-14-4-7-24(41-13-14)27(40)42-15-5-6-18(19(30)8-15)28(36,37)43-16-9-20(31)25(21(32)10-16)29(38,39)44-17-11-22(33)26(35)23(34)12-17/h2-3,5-6,8-12,14,24H,4,7,13H2,1H3. The van der Waals surface area contributed by atoms with Gasteiger partial charge in [-0.25, -0.2) is 31.1 Å². The number of rotatable bonds is 9. The summed E-state index contributed by atoms with van der Waals surface area (Å²) >= 11 is 0. The van der Waals surface area contributed by atoms with Crippen molar-refractivity contribution in [3.63, 3.8) is 0 Å². The van der Waals surface area contributed by atoms with Gasteiger partial charge in [-0.3, -0.25) is 0 Å². The van der Waals surface area contributed by atoms with Crippen LogP contribution in [0.5, 0.6) is 17.2 Å². The smallest absolute Gasteiger partial charge is 0.429 e. The van der Waals surface area contributed by atoms with Gasteiger partial charge in [-0.05, 0) is 31.9 Å². The molecule has 15 heteroatoms. The van der Waals surface area contributed by atoms with Crippen LogP contribution in [0.2, 0.25) is 0 Å². The Morgan fingerprint density at radius 2 is 1.32 bits per heavy atom. The van der Waals surface area contributed by atoms with Crippen molar-refractivity contribution >= 4 is 5.97 Å². The Labute approximate surface area is 242 Å². The van der Waals surface area contributed by atoms with Crippen molar-refractivity contribution in [3.8, 4) is 17.2 Å². The van der Waals surface area contributed by atoms with E-state index in [1.807, 2.05) is 19.1 Å². The third kappa shape index (κ3) is 7.26. The summed E-state index contributed by atoms with van der Waals surface area (Å²) in [6, 6.07) is 1.44. The molecule has 0 saturated carbocycles. The lowest BCUT2D eigenvalue weighted by Crippen LogP contribution is -2.34. The average molecular weight is 638 g/mol. The van der Waals surface area contributed by atoms with E-state index >= 15 is 0 Å². The summed E-state index contributed by atoms with van der Waals surface area (Å²) in [5, 5.41) is 0. The number of hydrogen-bond acceptors (Lipinski definition) is 5. The van der Waals surface area contributed by atoms with Crippen LogP contribution < -0.4 is 14.2 Å². The molecule has 0 bridgehead atoms. The van der Waals surface area contributed by atoms with E-state index in [1.165, 1.54) is 0 Å². The third-order valence-corrected chi connectivity index (χ3v) is 6.27. The first kappa shape index (κ1) is 32.6. The number of carbonyl (C=O) groups excluding carboxylic acids is 1. The van der Waals surface area contributed by atoms with E-state index in [0.29, 0.717) is 25.0 Å². The van der Waals surface area contributed by atoms with E-state index in [0.717, 1.165) is 6.07 Å². The highest BCUT2D eigenvalue weighted by atomic mass is 19.3. The maximum Gasteiger partial charge on any atom is 0.432 e. The Bertz CT molecular complexity index is 1520. The normalized spacial score (nSPS) is 17.5. The van der Waals surface area contributed by atoms with Crippen molar-refractivity contribution < 1.29 is 67.6 Å². The Hall–Kier alpha value is -4.27. The molecule has 44 heavy (non-hydrogen) atoms. The molecule has 1 saturated heterocycles. The van der Waals surface area contributed by atoms with Crippen LogP contribution in [0.15, 0.2) is 54.6 Å². The predicted molar refractivity (Wildman–Crippen MR) is 131 cm³/mol. The number of benzene rings is 3. The summed E-state index contributed by atoms with van der Waals surface area (Å²) in [4.78, 5) is 12.3. The van der Waals surface area contributed by atoms with Crippen molar-refractivity contribution in [1.82, 2.24) is 0 Å². The van der Waals surface area contributed by atoms with Crippen molar-refractivity contribution in [3.05, 3.63) is 101 Å². The highest BCUT2D eigenvalue weighted by Gasteiger charge is 2.43. The van der Waals surface area contributed by atoms with Gasteiger partial charge in [-0.2, -0.15) is 17.6 Å². The molecule has 0 aliphatic carbocycles. The largest absolute Gasteiger partial charge is 0.432 e. The molecular formula is C29H20F10O5. The molecule has 3 aromatic carbocycles. The molecule has 2 unspecified atom stereocenters. The van der Waals surface area contributed by atoms with Gasteiger partial charge >= 0.3 is 18.2 Å². The van der Waals surface area contributed by atoms with Gasteiger partial charge in [-0.1, -0.05) is 12.2 Å². The Kier molecular flexibility index (Phi) is 9.47. The van der Waals surface area contributed by atoms with Crippen LogP contribution >= 0.6 is 0 Å². The van der Waals surface area contributed by atoms with Gasteiger partial charge in [0.2, 0.25) is 0 Å². The molecule has 1 heterocycles. The van der Waals surface area contributed by atoms with Crippen LogP contribution in [0.1, 0.15) is 30.9 Å². The van der Waals surface area contributed by atoms with Gasteiger partial charge in [0.25, 0.3) is 0 Å². The molecule has 1 aliphatic heterocycles. The quantitative estimate of drug-likeness (QED) is 0.0781. The number of esters is 1. The molecule has 4 rings (SSSR count). The maximum absolute atomic E-state index is 14.8. The number of halogens is 10. The Morgan fingerprint density at radius 1 is 0.773 bits per heavy atom. The molecule has 0 amide bonds. The SMILES string of the molecule is CC=CC1CCC(C(=O)Oc2ccc(C(F)(F)Oc3cc(F)c(C(F)(F)Oc4cc(F)c(F)c(F)c4)c(F)c3)c(F)c2)OC1. The fourth-order valence-corrected chi connectivity index (χ4v) is 4.24. The van der Waals surface area contributed by atoms with Crippen LogP contribution in [0.3, 0.4) is 0 Å². The molecular weight excluding hydrogens is 618 g/mol. The minimum atomic E-state index is -4.98. The van der Waals surface area contributed by atoms with Crippen molar-refractivity contribution in [2.45, 2.75) is 38.1 Å². The Morgan fingerprint density at radius 3 is 1.84 bits per heavy atom. The second-order valence-corrected chi connectivity index (χ2v) is 9.45. The first-order valence-electron chi connectivity index (χ1n) is 12.6. The van der Waals surface area contributed by atoms with Crippen LogP contribution in [0.25, 0.3) is 0 Å². The summed E-state index contributed by atoms with van der Waals surface area (Å²) in [6.07, 6.45) is -5.94. The van der Waals surface area contributed by atoms with Gasteiger partial charge < -0.3 is 18.9 Å². The predicted octanol–water partition coefficient (Wildman–Crippen LogP) is 8.05. The summed E-state index contributed by atoms with van der Waals surface area (Å²) in [7, 11) is 0. The van der Waals surface area contributed by atoms with Crippen LogP contribution in [0, 0.1) is 40.8 Å². The number of alkyl halides is 4. The second-order valence-electron chi connectivity index (χ2n) is 9.45. The third-order valence-electron chi connectivity index (χ3n) is 6.27. The number of hydrogen-bond donors (Lipinski definition) is 0. The van der Waals surface area contributed by atoms with Crippen molar-refractivity contribution in [1.29, 1.82) is 0 Å². The summed E-state index contributed by atoms with van der Waals surface area (Å²) in [5.41, 5.74) is -3.64. The molecule has 0 aromatic heterocycles. The summed E-state index contributed by atoms with van der Waals surface area (Å²) in [6.45, 7) is 2.06. The zero-order valence-electron chi connectivity index (χ0n) is 22.3. The fourth-order valence-electron chi connectivity index (χ4n) is 4.24. The first-order valence-corrected chi connectivity index (χ1v) is 12.6. The van der Waals surface area contributed by atoms with Gasteiger partial charge in [0.15, 0.2) is 23.6 Å². The molecule has 5 nitrogen and oxygen atoms in total. The molecule has 0 N–H and O–H groups in total. The average Bonchev–Trinajstić information content (AvgIpc) is 2.91. The Balaban J connectivity index is 1.47. The molecule has 0 spiro atoms. The highest BCUT2D eigenvalue weighted by Crippen LogP contribution is 2.40. The van der Waals surface area contributed by atoms with Crippen LogP contribution in [0.4, 0.5) is 43.9 Å². The molecule has 1 aliphatic rings. The van der Waals surface area contributed by atoms with Crippen LogP contribution in [-0.2, 0) is 21.7 Å². The van der Waals surface area contributed by atoms with E-state index in [2.05, 4.69) is 9.47 Å². The van der Waals surface area contributed by atoms with E-state index < -0.39 is 87.6 Å². The first-order chi connectivity index (χ1) is 20.6. The molecule has 3 aromatic rings. The summed E-state index contributed by atoms with van der Waals surface area (Å²) < 4.78 is 160. The molecule has 0 radical (unpaired) electrons. The monoisotopic (exact) mass is 638 g/mol. The van der Waals surface area contributed by atoms with Gasteiger partial charge in [-0.15, -0.1) is 0 Å². The zero-order chi connectivity index (χ0) is 32.4. The molecule has 2 atom stereocenters. The van der Waals surface area contributed by atoms with Crippen LogP contribution in [-0.4, -0.2) is 18.7 Å². The minimum Gasteiger partial charge on any atom is -0.429 e. The lowest BCUT2D eigenvalue weighted by molar-refractivity contribution is -0.191. The maximum atomic E-state index is 14.8. The number of ether oxygens (including phenoxy) is 4. The highest BCUT2D eigenvalue weighted by molar-refractivity contribution is 5.77. The van der Waals surface area contributed by atoms with E-state index in [1.54, 1.807) is 0 Å².